The third-order valence-electron chi connectivity index (χ3n) is 3.72. The van der Waals surface area contributed by atoms with Gasteiger partial charge < -0.3 is 9.53 Å². The number of benzene rings is 2. The maximum atomic E-state index is 12.6. The molecule has 0 aliphatic rings. The fraction of sp³-hybridized carbons (Fsp3) is 0.167. The van der Waals surface area contributed by atoms with E-state index in [-0.39, 0.29) is 12.2 Å². The van der Waals surface area contributed by atoms with Crippen LogP contribution in [0, 0.1) is 0 Å². The minimum absolute atomic E-state index is 0.299. The van der Waals surface area contributed by atoms with Gasteiger partial charge in [0.1, 0.15) is 6.29 Å². The van der Waals surface area contributed by atoms with Crippen LogP contribution < -0.4 is 0 Å². The lowest BCUT2D eigenvalue weighted by Crippen LogP contribution is -2.40. The van der Waals surface area contributed by atoms with Gasteiger partial charge in [-0.25, -0.2) is 0 Å². The zero-order chi connectivity index (χ0) is 17.7. The molecular formula is C18H14Br2O4. The predicted octanol–water partition coefficient (Wildman–Crippen LogP) is 4.09. The van der Waals surface area contributed by atoms with Gasteiger partial charge in [0.25, 0.3) is 0 Å². The van der Waals surface area contributed by atoms with Crippen LogP contribution >= 0.6 is 31.9 Å². The van der Waals surface area contributed by atoms with Crippen molar-refractivity contribution in [3.05, 3.63) is 68.6 Å². The highest BCUT2D eigenvalue weighted by Crippen LogP contribution is 2.30. The quantitative estimate of drug-likeness (QED) is 0.286. The Morgan fingerprint density at radius 1 is 1.00 bits per heavy atom. The first-order valence-corrected chi connectivity index (χ1v) is 8.61. The van der Waals surface area contributed by atoms with E-state index in [9.17, 15) is 14.4 Å². The highest BCUT2D eigenvalue weighted by molar-refractivity contribution is 9.10. The molecule has 2 aromatic carbocycles. The molecule has 1 atom stereocenters. The van der Waals surface area contributed by atoms with Gasteiger partial charge in [-0.2, -0.15) is 0 Å². The molecule has 0 fully saturated rings. The summed E-state index contributed by atoms with van der Waals surface area (Å²) in [5, 5.41) is 0. The fourth-order valence-corrected chi connectivity index (χ4v) is 2.90. The Morgan fingerprint density at radius 3 is 1.96 bits per heavy atom. The number of ketones is 1. The number of rotatable bonds is 6. The van der Waals surface area contributed by atoms with E-state index in [0.29, 0.717) is 17.4 Å². The standard InChI is InChI=1S/C18H14Br2O4/c1-24-17(23)18(11-21,13-4-8-15(20)9-5-13)10-16(22)12-2-6-14(19)7-3-12/h2-9,11H,10H2,1H3/t18-/m0/s1. The van der Waals surface area contributed by atoms with Crippen molar-refractivity contribution in [1.82, 2.24) is 0 Å². The zero-order valence-electron chi connectivity index (χ0n) is 12.8. The highest BCUT2D eigenvalue weighted by atomic mass is 79.9. The number of methoxy groups -OCH3 is 1. The summed E-state index contributed by atoms with van der Waals surface area (Å²) in [5.41, 5.74) is -0.831. The van der Waals surface area contributed by atoms with Gasteiger partial charge >= 0.3 is 5.97 Å². The van der Waals surface area contributed by atoms with E-state index in [2.05, 4.69) is 31.9 Å². The van der Waals surface area contributed by atoms with Crippen molar-refractivity contribution in [2.45, 2.75) is 11.8 Å². The lowest BCUT2D eigenvalue weighted by atomic mass is 9.76. The van der Waals surface area contributed by atoms with E-state index in [1.165, 1.54) is 7.11 Å². The molecule has 124 valence electrons. The van der Waals surface area contributed by atoms with Crippen molar-refractivity contribution >= 4 is 49.9 Å². The number of halogens is 2. The Morgan fingerprint density at radius 2 is 1.50 bits per heavy atom. The molecule has 0 aliphatic heterocycles. The van der Waals surface area contributed by atoms with E-state index >= 15 is 0 Å². The first-order chi connectivity index (χ1) is 11.4. The summed E-state index contributed by atoms with van der Waals surface area (Å²) in [6.07, 6.45) is 0.186. The first-order valence-electron chi connectivity index (χ1n) is 7.02. The summed E-state index contributed by atoms with van der Waals surface area (Å²) >= 11 is 6.61. The van der Waals surface area contributed by atoms with Crippen molar-refractivity contribution in [1.29, 1.82) is 0 Å². The number of hydrogen-bond acceptors (Lipinski definition) is 4. The molecule has 0 radical (unpaired) electrons. The van der Waals surface area contributed by atoms with Crippen LogP contribution in [0.3, 0.4) is 0 Å². The van der Waals surface area contributed by atoms with Crippen LogP contribution in [0.1, 0.15) is 22.3 Å². The van der Waals surface area contributed by atoms with Crippen molar-refractivity contribution in [2.75, 3.05) is 7.11 Å². The van der Waals surface area contributed by atoms with Crippen LogP contribution in [0.5, 0.6) is 0 Å². The van der Waals surface area contributed by atoms with Gasteiger partial charge in [-0.05, 0) is 29.8 Å². The molecule has 0 N–H and O–H groups in total. The van der Waals surface area contributed by atoms with Gasteiger partial charge in [-0.3, -0.25) is 9.59 Å². The molecule has 0 spiro atoms. The van der Waals surface area contributed by atoms with E-state index < -0.39 is 11.4 Å². The molecule has 0 saturated heterocycles. The molecule has 0 bridgehead atoms. The van der Waals surface area contributed by atoms with E-state index in [4.69, 9.17) is 4.74 Å². The third-order valence-corrected chi connectivity index (χ3v) is 4.77. The number of esters is 1. The van der Waals surface area contributed by atoms with Gasteiger partial charge in [0.2, 0.25) is 0 Å². The second kappa shape index (κ2) is 7.85. The maximum absolute atomic E-state index is 12.6. The topological polar surface area (TPSA) is 60.4 Å². The summed E-state index contributed by atoms with van der Waals surface area (Å²) in [4.78, 5) is 36.8. The Hall–Kier alpha value is -1.79. The van der Waals surface area contributed by atoms with Gasteiger partial charge in [0, 0.05) is 20.9 Å². The predicted molar refractivity (Wildman–Crippen MR) is 97.0 cm³/mol. The van der Waals surface area contributed by atoms with Crippen LogP contribution in [-0.2, 0) is 19.7 Å². The summed E-state index contributed by atoms with van der Waals surface area (Å²) in [7, 11) is 1.20. The van der Waals surface area contributed by atoms with E-state index in [1.807, 2.05) is 0 Å². The van der Waals surface area contributed by atoms with Crippen molar-refractivity contribution in [2.24, 2.45) is 0 Å². The van der Waals surface area contributed by atoms with Gasteiger partial charge in [-0.15, -0.1) is 0 Å². The smallest absolute Gasteiger partial charge is 0.324 e. The summed E-state index contributed by atoms with van der Waals surface area (Å²) in [5.74, 6) is -1.08. The van der Waals surface area contributed by atoms with Gasteiger partial charge in [0.05, 0.1) is 7.11 Å². The van der Waals surface area contributed by atoms with Gasteiger partial charge in [0.15, 0.2) is 11.2 Å². The molecule has 2 aromatic rings. The van der Waals surface area contributed by atoms with Crippen LogP contribution in [0.25, 0.3) is 0 Å². The Kier molecular flexibility index (Phi) is 6.07. The SMILES string of the molecule is COC(=O)[C@](C=O)(CC(=O)c1ccc(Br)cc1)c1ccc(Br)cc1. The minimum Gasteiger partial charge on any atom is -0.468 e. The first kappa shape index (κ1) is 18.5. The molecule has 0 amide bonds. The number of ether oxygens (including phenoxy) is 1. The van der Waals surface area contributed by atoms with Crippen molar-refractivity contribution in [3.63, 3.8) is 0 Å². The van der Waals surface area contributed by atoms with Crippen LogP contribution in [0.15, 0.2) is 57.5 Å². The number of carbonyl (C=O) groups is 3. The van der Waals surface area contributed by atoms with E-state index in [0.717, 1.165) is 8.95 Å². The molecule has 6 heteroatoms. The van der Waals surface area contributed by atoms with Crippen molar-refractivity contribution in [3.8, 4) is 0 Å². The molecule has 0 saturated carbocycles. The largest absolute Gasteiger partial charge is 0.468 e. The van der Waals surface area contributed by atoms with E-state index in [1.54, 1.807) is 48.5 Å². The zero-order valence-corrected chi connectivity index (χ0v) is 16.0. The highest BCUT2D eigenvalue weighted by Gasteiger charge is 2.43. The number of Topliss-reactive ketones (excluding diaryl/α,β-unsaturated/α-hetero) is 1. The summed E-state index contributed by atoms with van der Waals surface area (Å²) in [6.45, 7) is 0. The molecule has 4 nitrogen and oxygen atoms in total. The summed E-state index contributed by atoms with van der Waals surface area (Å²) in [6, 6.07) is 13.4. The fourth-order valence-electron chi connectivity index (χ4n) is 2.37. The second-order valence-corrected chi connectivity index (χ2v) is 7.03. The summed E-state index contributed by atoms with van der Waals surface area (Å²) < 4.78 is 6.44. The molecule has 0 unspecified atom stereocenters. The monoisotopic (exact) mass is 452 g/mol. The lowest BCUT2D eigenvalue weighted by Gasteiger charge is -2.25. The second-order valence-electron chi connectivity index (χ2n) is 5.19. The molecule has 2 rings (SSSR count). The van der Waals surface area contributed by atoms with Gasteiger partial charge in [-0.1, -0.05) is 56.1 Å². The van der Waals surface area contributed by atoms with Crippen LogP contribution in [0.2, 0.25) is 0 Å². The molecule has 0 aromatic heterocycles. The average molecular weight is 454 g/mol. The third kappa shape index (κ3) is 3.82. The molecule has 0 heterocycles. The minimum atomic E-state index is -1.67. The van der Waals surface area contributed by atoms with Crippen LogP contribution in [-0.4, -0.2) is 25.1 Å². The average Bonchev–Trinajstić information content (AvgIpc) is 2.60. The molecule has 0 aliphatic carbocycles. The Balaban J connectivity index is 2.44. The van der Waals surface area contributed by atoms with Crippen LogP contribution in [0.4, 0.5) is 0 Å². The lowest BCUT2D eigenvalue weighted by molar-refractivity contribution is -0.149. The maximum Gasteiger partial charge on any atom is 0.324 e. The molecule has 24 heavy (non-hydrogen) atoms. The normalized spacial score (nSPS) is 13.0. The number of aldehydes is 1. The Labute approximate surface area is 156 Å². The molecular weight excluding hydrogens is 440 g/mol. The number of carbonyl (C=O) groups excluding carboxylic acids is 3. The number of hydrogen-bond donors (Lipinski definition) is 0. The van der Waals surface area contributed by atoms with Crippen molar-refractivity contribution < 1.29 is 19.1 Å². The Bertz CT molecular complexity index is 754.